The van der Waals surface area contributed by atoms with Crippen LogP contribution in [0, 0.1) is 5.82 Å². The van der Waals surface area contributed by atoms with Gasteiger partial charge in [0.15, 0.2) is 0 Å². The Morgan fingerprint density at radius 1 is 0.900 bits per heavy atom. The van der Waals surface area contributed by atoms with Gasteiger partial charge in [-0.3, -0.25) is 29.5 Å². The van der Waals surface area contributed by atoms with Crippen LogP contribution >= 0.6 is 0 Å². The van der Waals surface area contributed by atoms with Crippen molar-refractivity contribution in [2.24, 2.45) is 0 Å². The number of rotatable bonds is 6. The van der Waals surface area contributed by atoms with Crippen molar-refractivity contribution in [3.05, 3.63) is 106 Å². The minimum absolute atomic E-state index is 0.0520. The van der Waals surface area contributed by atoms with Crippen molar-refractivity contribution < 1.29 is 18.8 Å². The van der Waals surface area contributed by atoms with E-state index in [1.165, 1.54) is 22.1 Å². The van der Waals surface area contributed by atoms with Gasteiger partial charge in [-0.1, -0.05) is 66.7 Å². The molecule has 4 aliphatic heterocycles. The SMILES string of the molecule is O=C1CCC(N2Cc3cc(CN4C[C@H]5C[C@@H]4CN5C(c4ccccc4)c4ccccc4)cc(F)c3C2=O)C(=O)N1. The molecule has 2 bridgehead atoms. The Morgan fingerprint density at radius 2 is 1.60 bits per heavy atom. The second-order valence-electron chi connectivity index (χ2n) is 11.4. The molecule has 1 N–H and O–H groups in total. The van der Waals surface area contributed by atoms with E-state index in [1.807, 2.05) is 6.07 Å². The predicted molar refractivity (Wildman–Crippen MR) is 146 cm³/mol. The van der Waals surface area contributed by atoms with Gasteiger partial charge in [-0.25, -0.2) is 4.39 Å². The van der Waals surface area contributed by atoms with Crippen LogP contribution in [0.1, 0.15) is 57.9 Å². The summed E-state index contributed by atoms with van der Waals surface area (Å²) in [5.74, 6) is -1.83. The maximum absolute atomic E-state index is 15.3. The van der Waals surface area contributed by atoms with Crippen molar-refractivity contribution in [3.63, 3.8) is 0 Å². The molecule has 3 amide bonds. The van der Waals surface area contributed by atoms with Gasteiger partial charge in [0, 0.05) is 44.7 Å². The van der Waals surface area contributed by atoms with Gasteiger partial charge in [-0.2, -0.15) is 0 Å². The van der Waals surface area contributed by atoms with Crippen LogP contribution in [0.4, 0.5) is 4.39 Å². The number of likely N-dealkylation sites (tertiary alicyclic amines) is 2. The smallest absolute Gasteiger partial charge is 0.258 e. The van der Waals surface area contributed by atoms with Crippen molar-refractivity contribution >= 4 is 17.7 Å². The average molecular weight is 539 g/mol. The molecular formula is C32H31FN4O3. The number of nitrogens with one attached hydrogen (secondary N) is 1. The number of benzene rings is 3. The number of hydrogen-bond acceptors (Lipinski definition) is 5. The standard InChI is InChI=1S/C32H31FN4O3/c33-26-14-20(13-23-17-37(32(40)29(23)26)27-11-12-28(38)34-31(27)39)16-35-18-25-15-24(35)19-36(25)30(21-7-3-1-4-8-21)22-9-5-2-6-10-22/h1-10,13-14,24-25,27,30H,11-12,15-19H2,(H,34,38,39)/t24-,25-,27?/m1/s1. The summed E-state index contributed by atoms with van der Waals surface area (Å²) in [4.78, 5) is 43.4. The van der Waals surface area contributed by atoms with Gasteiger partial charge >= 0.3 is 0 Å². The molecular weight excluding hydrogens is 507 g/mol. The van der Waals surface area contributed by atoms with Crippen molar-refractivity contribution in [2.45, 2.75) is 56.5 Å². The van der Waals surface area contributed by atoms with Crippen molar-refractivity contribution in [3.8, 4) is 0 Å². The summed E-state index contributed by atoms with van der Waals surface area (Å²) in [7, 11) is 0. The summed E-state index contributed by atoms with van der Waals surface area (Å²) in [5.41, 5.74) is 4.09. The van der Waals surface area contributed by atoms with Gasteiger partial charge in [0.1, 0.15) is 11.9 Å². The van der Waals surface area contributed by atoms with Crippen molar-refractivity contribution in [1.29, 1.82) is 0 Å². The number of piperidine rings is 1. The summed E-state index contributed by atoms with van der Waals surface area (Å²) >= 11 is 0. The Morgan fingerprint density at radius 3 is 2.23 bits per heavy atom. The molecule has 3 fully saturated rings. The predicted octanol–water partition coefficient (Wildman–Crippen LogP) is 3.63. The molecule has 0 spiro atoms. The van der Waals surface area contributed by atoms with E-state index in [2.05, 4.69) is 75.8 Å². The number of halogens is 1. The highest BCUT2D eigenvalue weighted by Crippen LogP contribution is 2.41. The molecule has 8 heteroatoms. The first-order valence-corrected chi connectivity index (χ1v) is 14.0. The summed E-state index contributed by atoms with van der Waals surface area (Å²) < 4.78 is 15.3. The zero-order chi connectivity index (χ0) is 27.4. The van der Waals surface area contributed by atoms with Gasteiger partial charge in [0.2, 0.25) is 11.8 Å². The first-order valence-electron chi connectivity index (χ1n) is 14.0. The zero-order valence-corrected chi connectivity index (χ0v) is 22.1. The van der Waals surface area contributed by atoms with Crippen LogP contribution in [-0.4, -0.2) is 63.6 Å². The van der Waals surface area contributed by atoms with E-state index in [0.29, 0.717) is 24.2 Å². The Labute approximate surface area is 232 Å². The Bertz CT molecular complexity index is 1440. The van der Waals surface area contributed by atoms with E-state index in [9.17, 15) is 14.4 Å². The highest BCUT2D eigenvalue weighted by Gasteiger charge is 2.46. The van der Waals surface area contributed by atoms with Crippen molar-refractivity contribution in [1.82, 2.24) is 20.0 Å². The number of carbonyl (C=O) groups excluding carboxylic acids is 3. The summed E-state index contributed by atoms with van der Waals surface area (Å²) in [6.45, 7) is 2.64. The fourth-order valence-corrected chi connectivity index (χ4v) is 7.18. The number of fused-ring (bicyclic) bond motifs is 3. The summed E-state index contributed by atoms with van der Waals surface area (Å²) in [5, 5.41) is 2.30. The minimum atomic E-state index is -0.747. The molecule has 3 aromatic carbocycles. The second kappa shape index (κ2) is 9.94. The fraction of sp³-hybridized carbons (Fsp3) is 0.344. The number of imide groups is 1. The topological polar surface area (TPSA) is 73.0 Å². The third-order valence-corrected chi connectivity index (χ3v) is 8.98. The van der Waals surface area contributed by atoms with E-state index in [1.54, 1.807) is 0 Å². The first-order chi connectivity index (χ1) is 19.5. The van der Waals surface area contributed by atoms with Crippen LogP contribution in [0.5, 0.6) is 0 Å². The van der Waals surface area contributed by atoms with E-state index >= 15 is 4.39 Å². The van der Waals surface area contributed by atoms with E-state index in [0.717, 1.165) is 25.1 Å². The molecule has 40 heavy (non-hydrogen) atoms. The molecule has 3 saturated heterocycles. The number of amides is 3. The molecule has 1 unspecified atom stereocenters. The highest BCUT2D eigenvalue weighted by atomic mass is 19.1. The maximum Gasteiger partial charge on any atom is 0.258 e. The van der Waals surface area contributed by atoms with E-state index in [4.69, 9.17) is 0 Å². The van der Waals surface area contributed by atoms with E-state index < -0.39 is 23.7 Å². The molecule has 0 saturated carbocycles. The maximum atomic E-state index is 15.3. The number of carbonyl (C=O) groups is 3. The lowest BCUT2D eigenvalue weighted by molar-refractivity contribution is -0.136. The zero-order valence-electron chi connectivity index (χ0n) is 22.1. The van der Waals surface area contributed by atoms with Gasteiger partial charge in [-0.05, 0) is 41.2 Å². The monoisotopic (exact) mass is 538 g/mol. The molecule has 4 heterocycles. The second-order valence-corrected chi connectivity index (χ2v) is 11.4. The Kier molecular flexibility index (Phi) is 6.24. The van der Waals surface area contributed by atoms with Gasteiger partial charge < -0.3 is 4.90 Å². The fourth-order valence-electron chi connectivity index (χ4n) is 7.18. The van der Waals surface area contributed by atoms with Gasteiger partial charge in [0.25, 0.3) is 5.91 Å². The molecule has 0 radical (unpaired) electrons. The Balaban J connectivity index is 1.07. The van der Waals surface area contributed by atoms with Crippen LogP contribution in [-0.2, 0) is 22.7 Å². The summed E-state index contributed by atoms with van der Waals surface area (Å²) in [6.07, 6.45) is 1.51. The van der Waals surface area contributed by atoms with Crippen LogP contribution in [0.15, 0.2) is 72.8 Å². The molecule has 3 atom stereocenters. The van der Waals surface area contributed by atoms with Crippen LogP contribution in [0.3, 0.4) is 0 Å². The molecule has 0 aliphatic carbocycles. The lowest BCUT2D eigenvalue weighted by Crippen LogP contribution is -2.52. The normalized spacial score (nSPS) is 24.7. The average Bonchev–Trinajstić information content (AvgIpc) is 3.63. The number of piperazine rings is 1. The van der Waals surface area contributed by atoms with Crippen LogP contribution in [0.2, 0.25) is 0 Å². The molecule has 7 nitrogen and oxygen atoms in total. The first kappa shape index (κ1) is 25.1. The lowest BCUT2D eigenvalue weighted by Gasteiger charge is -2.39. The number of hydrogen-bond donors (Lipinski definition) is 1. The summed E-state index contributed by atoms with van der Waals surface area (Å²) in [6, 6.07) is 24.9. The van der Waals surface area contributed by atoms with Crippen LogP contribution < -0.4 is 5.32 Å². The molecule has 204 valence electrons. The quantitative estimate of drug-likeness (QED) is 0.486. The molecule has 3 aromatic rings. The molecule has 4 aliphatic rings. The van der Waals surface area contributed by atoms with Crippen LogP contribution in [0.25, 0.3) is 0 Å². The lowest BCUT2D eigenvalue weighted by atomic mass is 9.96. The highest BCUT2D eigenvalue weighted by molar-refractivity contribution is 6.05. The van der Waals surface area contributed by atoms with Gasteiger partial charge in [0.05, 0.1) is 11.6 Å². The largest absolute Gasteiger partial charge is 0.322 e. The van der Waals surface area contributed by atoms with Crippen molar-refractivity contribution in [2.75, 3.05) is 13.1 Å². The van der Waals surface area contributed by atoms with E-state index in [-0.39, 0.29) is 36.9 Å². The minimum Gasteiger partial charge on any atom is -0.322 e. The third kappa shape index (κ3) is 4.32. The Hall–Kier alpha value is -3.88. The number of nitrogens with zero attached hydrogens (tertiary/aromatic N) is 3. The van der Waals surface area contributed by atoms with Gasteiger partial charge in [-0.15, -0.1) is 0 Å². The third-order valence-electron chi connectivity index (χ3n) is 8.98. The molecule has 7 rings (SSSR count). The molecule has 0 aromatic heterocycles.